The Balaban J connectivity index is 0.000000191. The first-order chi connectivity index (χ1) is 59.3. The monoisotopic (exact) mass is 1710 g/mol. The number of alkyl carbamates (subject to hydrolysis) is 3. The third-order valence-electron chi connectivity index (χ3n) is 27.7. The molecule has 4 saturated carbocycles. The number of aromatic nitrogens is 8. The molecule has 10 aromatic rings. The van der Waals surface area contributed by atoms with Crippen LogP contribution in [0.2, 0.25) is 0 Å². The van der Waals surface area contributed by atoms with Gasteiger partial charge < -0.3 is 74.3 Å². The van der Waals surface area contributed by atoms with E-state index in [0.717, 1.165) is 196 Å². The molecule has 2 spiro atoms. The molecule has 27 nitrogen and oxygen atoms in total. The van der Waals surface area contributed by atoms with Gasteiger partial charge in [-0.3, -0.25) is 19.3 Å². The van der Waals surface area contributed by atoms with Crippen molar-refractivity contribution >= 4 is 63.6 Å². The van der Waals surface area contributed by atoms with Crippen LogP contribution in [0.1, 0.15) is 208 Å². The molecule has 19 rings (SSSR count). The van der Waals surface area contributed by atoms with E-state index in [4.69, 9.17) is 43.6 Å². The van der Waals surface area contributed by atoms with Crippen LogP contribution in [0.4, 0.5) is 19.2 Å². The molecule has 9 aliphatic rings. The van der Waals surface area contributed by atoms with Crippen molar-refractivity contribution in [2.75, 3.05) is 47.6 Å². The van der Waals surface area contributed by atoms with Crippen LogP contribution in [0.15, 0.2) is 146 Å². The van der Waals surface area contributed by atoms with E-state index in [2.05, 4.69) is 157 Å². The first-order valence-corrected chi connectivity index (χ1v) is 43.8. The van der Waals surface area contributed by atoms with Crippen molar-refractivity contribution < 1.29 is 57.2 Å². The fourth-order valence-electron chi connectivity index (χ4n) is 20.7. The molecule has 11 atom stereocenters. The molecule has 0 unspecified atom stereocenters. The van der Waals surface area contributed by atoms with E-state index >= 15 is 0 Å². The van der Waals surface area contributed by atoms with Gasteiger partial charge in [-0.1, -0.05) is 147 Å². The quantitative estimate of drug-likeness (QED) is 0.0370. The van der Waals surface area contributed by atoms with Crippen molar-refractivity contribution in [3.63, 3.8) is 0 Å². The van der Waals surface area contributed by atoms with Crippen molar-refractivity contribution in [2.45, 2.75) is 221 Å². The summed E-state index contributed by atoms with van der Waals surface area (Å²) in [7, 11) is 3.95. The highest BCUT2D eigenvalue weighted by Gasteiger charge is 2.58. The molecule has 5 saturated heterocycles. The number of nitrogens with zero attached hydrogens (tertiary/aromatic N) is 8. The fourth-order valence-corrected chi connectivity index (χ4v) is 20.7. The number of carbonyl (C=O) groups is 7. The zero-order valence-corrected chi connectivity index (χ0v) is 71.6. The Morgan fingerprint density at radius 1 is 0.437 bits per heavy atom. The molecule has 4 aliphatic carbocycles. The topological polar surface area (TPSA) is 329 Å². The highest BCUT2D eigenvalue weighted by molar-refractivity contribution is 5.93. The minimum atomic E-state index is -0.684. The predicted octanol–water partition coefficient (Wildman–Crippen LogP) is 19.0. The molecular weight excluding hydrogens is 1590 g/mol. The van der Waals surface area contributed by atoms with Crippen molar-refractivity contribution in [1.29, 1.82) is 0 Å². The lowest BCUT2D eigenvalue weighted by Crippen LogP contribution is -2.54. The highest BCUT2D eigenvalue weighted by Crippen LogP contribution is 2.60. The maximum absolute atomic E-state index is 14.3. The van der Waals surface area contributed by atoms with Gasteiger partial charge >= 0.3 is 24.4 Å². The first kappa shape index (κ1) is 89.0. The van der Waals surface area contributed by atoms with Gasteiger partial charge in [0.25, 0.3) is 0 Å². The number of hydrogen-bond acceptors (Lipinski definition) is 16. The minimum absolute atomic E-state index is 0. The minimum Gasteiger partial charge on any atom is -0.453 e. The molecule has 7 amide bonds. The van der Waals surface area contributed by atoms with Crippen molar-refractivity contribution in [1.82, 2.24) is 75.4 Å². The van der Waals surface area contributed by atoms with Gasteiger partial charge in [-0.25, -0.2) is 39.1 Å². The van der Waals surface area contributed by atoms with Gasteiger partial charge in [0, 0.05) is 49.5 Å². The van der Waals surface area contributed by atoms with Crippen LogP contribution < -0.4 is 16.0 Å². The molecule has 9 heterocycles. The van der Waals surface area contributed by atoms with Crippen LogP contribution in [-0.2, 0) is 38.1 Å². The summed E-state index contributed by atoms with van der Waals surface area (Å²) in [5.74, 6) is 3.29. The first-order valence-electron chi connectivity index (χ1n) is 43.8. The maximum atomic E-state index is 14.3. The zero-order valence-electron chi connectivity index (χ0n) is 71.6. The molecular formula is C99H123N15O12. The number of aromatic amines is 4. The Labute approximate surface area is 737 Å². The summed E-state index contributed by atoms with van der Waals surface area (Å²) in [6.07, 6.45) is 18.8. The molecule has 7 N–H and O–H groups in total. The Hall–Kier alpha value is -11.9. The van der Waals surface area contributed by atoms with E-state index in [0.29, 0.717) is 44.4 Å². The van der Waals surface area contributed by atoms with Gasteiger partial charge in [-0.05, 0) is 230 Å². The smallest absolute Gasteiger partial charge is 0.410 e. The van der Waals surface area contributed by atoms with Crippen LogP contribution in [0, 0.1) is 40.4 Å². The summed E-state index contributed by atoms with van der Waals surface area (Å²) < 4.78 is 26.0. The fraction of sp³-hybridized carbons (Fsp3) is 0.485. The lowest BCUT2D eigenvalue weighted by Gasteiger charge is -2.37. The van der Waals surface area contributed by atoms with Gasteiger partial charge in [-0.2, -0.15) is 0 Å². The maximum Gasteiger partial charge on any atom is 0.410 e. The number of benzene rings is 6. The van der Waals surface area contributed by atoms with Crippen molar-refractivity contribution in [3.8, 4) is 67.3 Å². The summed E-state index contributed by atoms with van der Waals surface area (Å²) in [6, 6.07) is 40.3. The van der Waals surface area contributed by atoms with E-state index in [9.17, 15) is 33.6 Å². The van der Waals surface area contributed by atoms with E-state index < -0.39 is 42.0 Å². The number of methoxy groups -OCH3 is 3. The van der Waals surface area contributed by atoms with Crippen LogP contribution in [-0.4, -0.2) is 185 Å². The van der Waals surface area contributed by atoms with Crippen LogP contribution >= 0.6 is 0 Å². The molecule has 9 fully saturated rings. The number of H-pyrrole nitrogens is 4. The zero-order chi connectivity index (χ0) is 85.5. The Bertz CT molecular complexity index is 5650. The third-order valence-corrected chi connectivity index (χ3v) is 27.7. The van der Waals surface area contributed by atoms with E-state index in [1.807, 2.05) is 92.9 Å². The SMILES string of the molecule is C.C.C.COC(=O)N[C@H](C(=O)N1[C@@H]2CC[C@@H](C2)[C@H]1c1ncc(-c2ccc(-c3ccc4cc(-c5cnc([C@@H]6CC7(CC7)CN6C(=O)OC(C)(C)C)[nH]5)ccc4c3)cc2)[nH]1)C(C)C.COC(=O)N[C@H](C(=O)N1[C@@H]2CC[C@@H](C2)[C@H]1c1ncc(-c2ccc(-c3ccc4cc(-c5cnc([C@@H]6CC7(CC7)CN6C(=O)[C@@H](NC(=O)OC)C6CCOCC6)[nH]5)ccc4c3)cc2)[nH]1)C(C)C. The number of rotatable bonds is 19. The number of ether oxygens (including phenoxy) is 5. The lowest BCUT2D eigenvalue weighted by atomic mass is 9.90. The summed E-state index contributed by atoms with van der Waals surface area (Å²) in [4.78, 5) is 133. The number of hydrogen-bond donors (Lipinski definition) is 7. The van der Waals surface area contributed by atoms with Crippen LogP contribution in [0.25, 0.3) is 88.8 Å². The Morgan fingerprint density at radius 2 is 0.786 bits per heavy atom. The molecule has 4 aromatic heterocycles. The summed E-state index contributed by atoms with van der Waals surface area (Å²) in [5.41, 5.74) is 11.8. The number of fused-ring (bicyclic) bond motifs is 6. The van der Waals surface area contributed by atoms with Crippen molar-refractivity contribution in [2.24, 2.45) is 40.4 Å². The average Bonchev–Trinajstić information content (AvgIpc) is 1.59. The second kappa shape index (κ2) is 35.9. The van der Waals surface area contributed by atoms with Crippen molar-refractivity contribution in [3.05, 3.63) is 169 Å². The number of imidazole rings is 4. The predicted molar refractivity (Wildman–Crippen MR) is 485 cm³/mol. The summed E-state index contributed by atoms with van der Waals surface area (Å²) in [6.45, 7) is 16.0. The number of carbonyl (C=O) groups excluding carboxylic acids is 7. The normalized spacial score (nSPS) is 22.3. The third kappa shape index (κ3) is 17.8. The van der Waals surface area contributed by atoms with E-state index in [1.54, 1.807) is 0 Å². The average molecular weight is 1720 g/mol. The van der Waals surface area contributed by atoms with Gasteiger partial charge in [0.15, 0.2) is 0 Å². The largest absolute Gasteiger partial charge is 0.453 e. The number of amides is 7. The molecule has 666 valence electrons. The molecule has 4 bridgehead atoms. The molecule has 0 radical (unpaired) electrons. The van der Waals surface area contributed by atoms with Crippen LogP contribution in [0.5, 0.6) is 0 Å². The number of piperidine rings is 2. The highest BCUT2D eigenvalue weighted by atomic mass is 16.6. The number of likely N-dealkylation sites (tertiary alicyclic amines) is 4. The standard InChI is InChI=1S/C50H58N8O7.C46H53N7O5.3CH4/c1-28(2)41(55-48(61)63-3)47(60)58-37-14-13-36(23-37)43(58)45-52-25-38(54-45)30-7-5-29(6-8-30)32-9-10-34-22-35(12-11-33(34)21-32)39-26-51-44(53-39)40-24-50(17-18-50)27-57(40)46(59)42(56-49(62)64-4)31-15-19-65-20-16-31;1-26(2)38(51-43(55)57-6)42(54)53-34-16-15-33(21-34)39(53)41-48-23-35(50-41)28-9-7-27(8-10-28)29-11-12-31-20-32(14-13-30(31)19-29)36-24-47-40(49-36)37-22-46(17-18-46)25-52(37)44(56)58-45(3,4)5;;;/h5-12,21-22,25-26,28,31,36-37,40-43H,13-20,23-24,27H2,1-4H3,(H,51,53)(H,52,54)(H,55,61)(H,56,62);7-14,19-20,23-24,26,33-34,37-39H,15-18,21-22,25H2,1-6H3,(H,47,49)(H,48,50)(H,51,55);3*1H4/t36-,37+,40-,41-,42-,43-;33-,34+,37-,38-,39-;;;/m00.../s1. The molecule has 126 heavy (non-hydrogen) atoms. The van der Waals surface area contributed by atoms with E-state index in [1.165, 1.54) is 21.3 Å². The van der Waals surface area contributed by atoms with Gasteiger partial charge in [-0.15, -0.1) is 0 Å². The summed E-state index contributed by atoms with van der Waals surface area (Å²) >= 11 is 0. The number of nitrogens with one attached hydrogen (secondary N) is 7. The van der Waals surface area contributed by atoms with E-state index in [-0.39, 0.29) is 111 Å². The molecule has 27 heteroatoms. The van der Waals surface area contributed by atoms with Gasteiger partial charge in [0.05, 0.1) is 93.1 Å². The molecule has 6 aromatic carbocycles. The Morgan fingerprint density at radius 3 is 1.18 bits per heavy atom. The second-order valence-electron chi connectivity index (χ2n) is 37.6. The van der Waals surface area contributed by atoms with Crippen LogP contribution in [0.3, 0.4) is 0 Å². The lowest BCUT2D eigenvalue weighted by molar-refractivity contribution is -0.140. The van der Waals surface area contributed by atoms with Gasteiger partial charge in [0.2, 0.25) is 17.7 Å². The Kier molecular flexibility index (Phi) is 25.3. The second-order valence-corrected chi connectivity index (χ2v) is 37.6. The molecule has 5 aliphatic heterocycles. The van der Waals surface area contributed by atoms with Gasteiger partial charge in [0.1, 0.15) is 47.0 Å². The summed E-state index contributed by atoms with van der Waals surface area (Å²) in [5, 5.41) is 12.9.